The Morgan fingerprint density at radius 3 is 2.38 bits per heavy atom. The van der Waals surface area contributed by atoms with Crippen LogP contribution in [0.2, 0.25) is 0 Å². The van der Waals surface area contributed by atoms with Crippen LogP contribution < -0.4 is 15.4 Å². The largest absolute Gasteiger partial charge is 0.492 e. The van der Waals surface area contributed by atoms with Crippen molar-refractivity contribution >= 4 is 33.4 Å². The number of hydrogen-bond acceptors (Lipinski definition) is 4. The molecular weight excluding hydrogens is 443 g/mol. The summed E-state index contributed by atoms with van der Waals surface area (Å²) in [6, 6.07) is 15.9. The number of amides is 2. The summed E-state index contributed by atoms with van der Waals surface area (Å²) in [6.45, 7) is 0.619. The molecule has 150 valence electrons. The maximum atomic E-state index is 12.8. The highest BCUT2D eigenvalue weighted by atomic mass is 79.9. The van der Waals surface area contributed by atoms with Gasteiger partial charge >= 0.3 is 0 Å². The second-order valence-corrected chi connectivity index (χ2v) is 6.87. The summed E-state index contributed by atoms with van der Waals surface area (Å²) < 4.78 is 23.9. The molecule has 0 aliphatic carbocycles. The number of benzene rings is 2. The van der Waals surface area contributed by atoms with Gasteiger partial charge in [-0.15, -0.1) is 0 Å². The number of nitrogens with one attached hydrogen (secondary N) is 2. The molecule has 1 aromatic heterocycles. The van der Waals surface area contributed by atoms with Gasteiger partial charge in [-0.3, -0.25) is 9.59 Å². The van der Waals surface area contributed by atoms with E-state index in [1.807, 2.05) is 0 Å². The third-order valence-electron chi connectivity index (χ3n) is 3.88. The predicted octanol–water partition coefficient (Wildman–Crippen LogP) is 4.17. The van der Waals surface area contributed by atoms with E-state index in [0.717, 1.165) is 5.56 Å². The minimum atomic E-state index is -0.359. The lowest BCUT2D eigenvalue weighted by Gasteiger charge is -2.08. The molecule has 3 aromatic rings. The van der Waals surface area contributed by atoms with E-state index >= 15 is 0 Å². The van der Waals surface area contributed by atoms with Crippen LogP contribution in [-0.2, 0) is 11.2 Å². The molecule has 0 unspecified atom stereocenters. The van der Waals surface area contributed by atoms with E-state index in [-0.39, 0.29) is 36.4 Å². The molecule has 2 aromatic carbocycles. The lowest BCUT2D eigenvalue weighted by atomic mass is 10.1. The van der Waals surface area contributed by atoms with Gasteiger partial charge in [0.05, 0.1) is 13.0 Å². The normalized spacial score (nSPS) is 10.4. The van der Waals surface area contributed by atoms with E-state index in [0.29, 0.717) is 22.7 Å². The Kier molecular flexibility index (Phi) is 7.02. The molecular formula is C21H18BrFN2O4. The molecule has 0 bridgehead atoms. The van der Waals surface area contributed by atoms with Crippen molar-refractivity contribution in [3.05, 3.63) is 82.5 Å². The van der Waals surface area contributed by atoms with Crippen molar-refractivity contribution in [3.8, 4) is 5.75 Å². The lowest BCUT2D eigenvalue weighted by molar-refractivity contribution is -0.120. The number of halogens is 2. The highest BCUT2D eigenvalue weighted by molar-refractivity contribution is 9.10. The highest BCUT2D eigenvalue weighted by Crippen LogP contribution is 2.16. The molecule has 6 nitrogen and oxygen atoms in total. The molecule has 0 spiro atoms. The number of rotatable bonds is 8. The van der Waals surface area contributed by atoms with E-state index in [1.165, 1.54) is 24.3 Å². The molecule has 0 saturated carbocycles. The summed E-state index contributed by atoms with van der Waals surface area (Å²) in [5.74, 6) is -0.0964. The number of ether oxygens (including phenoxy) is 1. The second-order valence-electron chi connectivity index (χ2n) is 6.08. The Morgan fingerprint density at radius 2 is 1.72 bits per heavy atom. The average Bonchev–Trinajstić information content (AvgIpc) is 3.15. The Morgan fingerprint density at radius 1 is 1.00 bits per heavy atom. The van der Waals surface area contributed by atoms with Gasteiger partial charge in [0.15, 0.2) is 10.4 Å². The van der Waals surface area contributed by atoms with Crippen LogP contribution >= 0.6 is 15.9 Å². The second kappa shape index (κ2) is 9.88. The van der Waals surface area contributed by atoms with Crippen LogP contribution in [0.25, 0.3) is 0 Å². The summed E-state index contributed by atoms with van der Waals surface area (Å²) in [5, 5.41) is 5.48. The van der Waals surface area contributed by atoms with Crippen molar-refractivity contribution < 1.29 is 23.1 Å². The van der Waals surface area contributed by atoms with Crippen LogP contribution in [0.4, 0.5) is 10.1 Å². The number of furan rings is 1. The summed E-state index contributed by atoms with van der Waals surface area (Å²) in [4.78, 5) is 24.1. The van der Waals surface area contributed by atoms with Crippen LogP contribution in [0.15, 0.2) is 69.8 Å². The van der Waals surface area contributed by atoms with Gasteiger partial charge in [-0.25, -0.2) is 4.39 Å². The number of hydrogen-bond donors (Lipinski definition) is 2. The Labute approximate surface area is 175 Å². The number of anilines is 1. The van der Waals surface area contributed by atoms with E-state index in [4.69, 9.17) is 9.15 Å². The fourth-order valence-electron chi connectivity index (χ4n) is 2.47. The van der Waals surface area contributed by atoms with Gasteiger partial charge in [-0.1, -0.05) is 12.1 Å². The molecule has 2 N–H and O–H groups in total. The van der Waals surface area contributed by atoms with Crippen molar-refractivity contribution in [2.45, 2.75) is 6.42 Å². The zero-order valence-corrected chi connectivity index (χ0v) is 16.9. The minimum absolute atomic E-state index is 0.148. The quantitative estimate of drug-likeness (QED) is 0.494. The average molecular weight is 461 g/mol. The Hall–Kier alpha value is -3.13. The Bertz CT molecular complexity index is 971. The van der Waals surface area contributed by atoms with Crippen molar-refractivity contribution in [2.75, 3.05) is 18.5 Å². The van der Waals surface area contributed by atoms with Gasteiger partial charge in [-0.2, -0.15) is 0 Å². The third-order valence-corrected chi connectivity index (χ3v) is 4.31. The fourth-order valence-corrected chi connectivity index (χ4v) is 2.78. The fraction of sp³-hybridized carbons (Fsp3) is 0.143. The third kappa shape index (κ3) is 6.46. The first-order chi connectivity index (χ1) is 14.0. The van der Waals surface area contributed by atoms with E-state index in [2.05, 4.69) is 26.6 Å². The zero-order valence-electron chi connectivity index (χ0n) is 15.3. The summed E-state index contributed by atoms with van der Waals surface area (Å²) >= 11 is 3.15. The van der Waals surface area contributed by atoms with E-state index in [1.54, 1.807) is 36.4 Å². The summed E-state index contributed by atoms with van der Waals surface area (Å²) in [7, 11) is 0. The van der Waals surface area contributed by atoms with Gasteiger partial charge in [0.2, 0.25) is 5.91 Å². The van der Waals surface area contributed by atoms with Gasteiger partial charge in [0.25, 0.3) is 5.91 Å². The zero-order chi connectivity index (χ0) is 20.6. The number of carbonyl (C=O) groups excluding carboxylic acids is 2. The van der Waals surface area contributed by atoms with Gasteiger partial charge in [0, 0.05) is 5.69 Å². The molecule has 0 fully saturated rings. The molecule has 0 atom stereocenters. The highest BCUT2D eigenvalue weighted by Gasteiger charge is 2.11. The molecule has 0 saturated heterocycles. The summed E-state index contributed by atoms with van der Waals surface area (Å²) in [6.07, 6.45) is 0.204. The number of carbonyl (C=O) groups is 2. The molecule has 0 radical (unpaired) electrons. The first-order valence-electron chi connectivity index (χ1n) is 8.80. The standard InChI is InChI=1S/C21H18BrFN2O4/c22-19-10-9-18(29-19)21(27)25-16-5-1-14(2-6-16)13-20(26)24-11-12-28-17-7-3-15(23)4-8-17/h1-10H,11-13H2,(H,24,26)(H,25,27). The topological polar surface area (TPSA) is 80.6 Å². The van der Waals surface area contributed by atoms with E-state index < -0.39 is 0 Å². The maximum absolute atomic E-state index is 12.8. The monoisotopic (exact) mass is 460 g/mol. The lowest BCUT2D eigenvalue weighted by Crippen LogP contribution is -2.29. The van der Waals surface area contributed by atoms with Crippen LogP contribution in [-0.4, -0.2) is 25.0 Å². The molecule has 1 heterocycles. The smallest absolute Gasteiger partial charge is 0.291 e. The first-order valence-corrected chi connectivity index (χ1v) is 9.59. The molecule has 2 amide bonds. The van der Waals surface area contributed by atoms with Crippen molar-refractivity contribution in [3.63, 3.8) is 0 Å². The minimum Gasteiger partial charge on any atom is -0.492 e. The first kappa shape index (κ1) is 20.6. The van der Waals surface area contributed by atoms with Crippen molar-refractivity contribution in [1.29, 1.82) is 0 Å². The Balaban J connectivity index is 1.40. The molecule has 0 aliphatic rings. The SMILES string of the molecule is O=C(Cc1ccc(NC(=O)c2ccc(Br)o2)cc1)NCCOc1ccc(F)cc1. The summed E-state index contributed by atoms with van der Waals surface area (Å²) in [5.41, 5.74) is 1.40. The maximum Gasteiger partial charge on any atom is 0.291 e. The van der Waals surface area contributed by atoms with Crippen LogP contribution in [0.3, 0.4) is 0 Å². The molecule has 29 heavy (non-hydrogen) atoms. The van der Waals surface area contributed by atoms with Crippen LogP contribution in [0, 0.1) is 5.82 Å². The molecule has 8 heteroatoms. The van der Waals surface area contributed by atoms with Gasteiger partial charge < -0.3 is 19.8 Å². The molecule has 0 aliphatic heterocycles. The van der Waals surface area contributed by atoms with Crippen molar-refractivity contribution in [1.82, 2.24) is 5.32 Å². The van der Waals surface area contributed by atoms with Gasteiger partial charge in [0.1, 0.15) is 18.2 Å². The van der Waals surface area contributed by atoms with Crippen LogP contribution in [0.1, 0.15) is 16.1 Å². The van der Waals surface area contributed by atoms with Crippen LogP contribution in [0.5, 0.6) is 5.75 Å². The van der Waals surface area contributed by atoms with E-state index in [9.17, 15) is 14.0 Å². The molecule has 3 rings (SSSR count). The predicted molar refractivity (Wildman–Crippen MR) is 109 cm³/mol. The van der Waals surface area contributed by atoms with Crippen molar-refractivity contribution in [2.24, 2.45) is 0 Å². The van der Waals surface area contributed by atoms with Gasteiger partial charge in [-0.05, 0) is 70.0 Å².